The van der Waals surface area contributed by atoms with Crippen LogP contribution in [0, 0.1) is 18.6 Å². The van der Waals surface area contributed by atoms with Crippen molar-refractivity contribution in [1.82, 2.24) is 5.16 Å². The summed E-state index contributed by atoms with van der Waals surface area (Å²) in [6.45, 7) is 1.66. The number of anilines is 2. The summed E-state index contributed by atoms with van der Waals surface area (Å²) in [5.74, 6) is -1.35. The molecule has 2 rings (SSSR count). The van der Waals surface area contributed by atoms with Gasteiger partial charge in [-0.1, -0.05) is 5.16 Å². The lowest BCUT2D eigenvalue weighted by atomic mass is 10.3. The molecule has 0 atom stereocenters. The Morgan fingerprint density at radius 2 is 2.11 bits per heavy atom. The molecule has 0 saturated heterocycles. The number of halogens is 2. The molecule has 0 aliphatic heterocycles. The van der Waals surface area contributed by atoms with Crippen LogP contribution < -0.4 is 10.6 Å². The number of benzene rings is 1. The molecule has 5 nitrogen and oxygen atoms in total. The van der Waals surface area contributed by atoms with Crippen molar-refractivity contribution in [3.63, 3.8) is 0 Å². The molecule has 1 aromatic carbocycles. The highest BCUT2D eigenvalue weighted by molar-refractivity contribution is 5.93. The minimum absolute atomic E-state index is 0.0645. The molecule has 2 N–H and O–H groups in total. The van der Waals surface area contributed by atoms with E-state index in [1.807, 2.05) is 0 Å². The van der Waals surface area contributed by atoms with Crippen LogP contribution in [0.2, 0.25) is 0 Å². The van der Waals surface area contributed by atoms with Crippen molar-refractivity contribution in [1.29, 1.82) is 0 Å². The molecule has 1 aromatic heterocycles. The van der Waals surface area contributed by atoms with E-state index < -0.39 is 17.5 Å². The van der Waals surface area contributed by atoms with E-state index in [1.54, 1.807) is 13.0 Å². The van der Waals surface area contributed by atoms with E-state index in [4.69, 9.17) is 4.52 Å². The van der Waals surface area contributed by atoms with E-state index in [9.17, 15) is 13.6 Å². The SMILES string of the molecule is Cc1cc(NCC(=O)Nc2ccc(F)c(F)c2)no1. The highest BCUT2D eigenvalue weighted by atomic mass is 19.2. The molecular formula is C12H11F2N3O2. The van der Waals surface area contributed by atoms with E-state index in [0.29, 0.717) is 11.6 Å². The maximum atomic E-state index is 12.9. The van der Waals surface area contributed by atoms with Gasteiger partial charge in [-0.05, 0) is 19.1 Å². The predicted octanol–water partition coefficient (Wildman–Crippen LogP) is 2.31. The van der Waals surface area contributed by atoms with Crippen molar-refractivity contribution in [2.45, 2.75) is 6.92 Å². The van der Waals surface area contributed by atoms with Gasteiger partial charge >= 0.3 is 0 Å². The second kappa shape index (κ2) is 5.47. The normalized spacial score (nSPS) is 10.3. The number of carbonyl (C=O) groups is 1. The average Bonchev–Trinajstić information content (AvgIpc) is 2.77. The molecule has 0 bridgehead atoms. The molecule has 0 aliphatic rings. The van der Waals surface area contributed by atoms with Gasteiger partial charge in [0.1, 0.15) is 5.76 Å². The fraction of sp³-hybridized carbons (Fsp3) is 0.167. The topological polar surface area (TPSA) is 67.2 Å². The van der Waals surface area contributed by atoms with Crippen LogP contribution in [0.15, 0.2) is 28.8 Å². The lowest BCUT2D eigenvalue weighted by molar-refractivity contribution is -0.114. The van der Waals surface area contributed by atoms with Crippen LogP contribution in [0.5, 0.6) is 0 Å². The number of rotatable bonds is 4. The Hall–Kier alpha value is -2.44. The third-order valence-electron chi connectivity index (χ3n) is 2.26. The molecule has 0 aliphatic carbocycles. The van der Waals surface area contributed by atoms with E-state index in [1.165, 1.54) is 6.07 Å². The lowest BCUT2D eigenvalue weighted by Crippen LogP contribution is -2.21. The molecule has 7 heteroatoms. The number of aromatic nitrogens is 1. The Morgan fingerprint density at radius 3 is 2.74 bits per heavy atom. The van der Waals surface area contributed by atoms with Crippen LogP contribution in [-0.4, -0.2) is 17.6 Å². The smallest absolute Gasteiger partial charge is 0.243 e. The third kappa shape index (κ3) is 3.51. The van der Waals surface area contributed by atoms with E-state index in [2.05, 4.69) is 15.8 Å². The summed E-state index contributed by atoms with van der Waals surface area (Å²) in [5.41, 5.74) is 0.182. The average molecular weight is 267 g/mol. The quantitative estimate of drug-likeness (QED) is 0.892. The van der Waals surface area contributed by atoms with Crippen molar-refractivity contribution in [3.05, 3.63) is 41.7 Å². The standard InChI is InChI=1S/C12H11F2N3O2/c1-7-4-11(17-19-7)15-6-12(18)16-8-2-3-9(13)10(14)5-8/h2-5H,6H2,1H3,(H,15,17)(H,16,18). The molecule has 0 radical (unpaired) electrons. The first-order chi connectivity index (χ1) is 9.04. The number of hydrogen-bond donors (Lipinski definition) is 2. The maximum absolute atomic E-state index is 12.9. The molecule has 19 heavy (non-hydrogen) atoms. The van der Waals surface area contributed by atoms with Crippen LogP contribution in [0.25, 0.3) is 0 Å². The fourth-order valence-electron chi connectivity index (χ4n) is 1.40. The van der Waals surface area contributed by atoms with Gasteiger partial charge in [0.15, 0.2) is 17.5 Å². The summed E-state index contributed by atoms with van der Waals surface area (Å²) in [7, 11) is 0. The Kier molecular flexibility index (Phi) is 3.74. The predicted molar refractivity (Wildman–Crippen MR) is 64.7 cm³/mol. The molecule has 0 saturated carbocycles. The molecule has 100 valence electrons. The molecule has 2 aromatic rings. The van der Waals surface area contributed by atoms with Gasteiger partial charge in [-0.15, -0.1) is 0 Å². The van der Waals surface area contributed by atoms with Gasteiger partial charge < -0.3 is 15.2 Å². The Labute approximate surface area is 107 Å². The Bertz CT molecular complexity index is 598. The van der Waals surface area contributed by atoms with Crippen molar-refractivity contribution in [2.75, 3.05) is 17.2 Å². The highest BCUT2D eigenvalue weighted by Gasteiger charge is 2.07. The Morgan fingerprint density at radius 1 is 1.32 bits per heavy atom. The monoisotopic (exact) mass is 267 g/mol. The largest absolute Gasteiger partial charge is 0.360 e. The maximum Gasteiger partial charge on any atom is 0.243 e. The van der Waals surface area contributed by atoms with Gasteiger partial charge in [0.2, 0.25) is 5.91 Å². The molecule has 1 amide bonds. The fourth-order valence-corrected chi connectivity index (χ4v) is 1.40. The zero-order chi connectivity index (χ0) is 13.8. The van der Waals surface area contributed by atoms with Gasteiger partial charge in [-0.25, -0.2) is 8.78 Å². The van der Waals surface area contributed by atoms with Crippen LogP contribution >= 0.6 is 0 Å². The third-order valence-corrected chi connectivity index (χ3v) is 2.26. The summed E-state index contributed by atoms with van der Waals surface area (Å²) in [6, 6.07) is 4.76. The first kappa shape index (κ1) is 13.0. The minimum atomic E-state index is -1.02. The van der Waals surface area contributed by atoms with Gasteiger partial charge in [-0.2, -0.15) is 0 Å². The van der Waals surface area contributed by atoms with Crippen LogP contribution in [0.1, 0.15) is 5.76 Å². The number of carbonyl (C=O) groups excluding carboxylic acids is 1. The van der Waals surface area contributed by atoms with Crippen LogP contribution in [-0.2, 0) is 4.79 Å². The molecule has 1 heterocycles. The van der Waals surface area contributed by atoms with Gasteiger partial charge in [0.05, 0.1) is 6.54 Å². The molecule has 0 spiro atoms. The number of hydrogen-bond acceptors (Lipinski definition) is 4. The molecular weight excluding hydrogens is 256 g/mol. The van der Waals surface area contributed by atoms with Crippen molar-refractivity contribution >= 4 is 17.4 Å². The van der Waals surface area contributed by atoms with Crippen molar-refractivity contribution < 1.29 is 18.1 Å². The van der Waals surface area contributed by atoms with Crippen LogP contribution in [0.3, 0.4) is 0 Å². The summed E-state index contributed by atoms with van der Waals surface area (Å²) in [5, 5.41) is 8.79. The highest BCUT2D eigenvalue weighted by Crippen LogP contribution is 2.13. The zero-order valence-corrected chi connectivity index (χ0v) is 10.0. The second-order valence-corrected chi connectivity index (χ2v) is 3.85. The van der Waals surface area contributed by atoms with Gasteiger partial charge in [-0.3, -0.25) is 4.79 Å². The van der Waals surface area contributed by atoms with E-state index >= 15 is 0 Å². The first-order valence-electron chi connectivity index (χ1n) is 5.46. The minimum Gasteiger partial charge on any atom is -0.360 e. The Balaban J connectivity index is 1.88. The van der Waals surface area contributed by atoms with E-state index in [0.717, 1.165) is 12.1 Å². The summed E-state index contributed by atoms with van der Waals surface area (Å²) < 4.78 is 30.4. The van der Waals surface area contributed by atoms with Crippen molar-refractivity contribution in [3.8, 4) is 0 Å². The number of nitrogens with one attached hydrogen (secondary N) is 2. The second-order valence-electron chi connectivity index (χ2n) is 3.85. The summed E-state index contributed by atoms with van der Waals surface area (Å²) >= 11 is 0. The zero-order valence-electron chi connectivity index (χ0n) is 10.0. The van der Waals surface area contributed by atoms with Crippen molar-refractivity contribution in [2.24, 2.45) is 0 Å². The summed E-state index contributed by atoms with van der Waals surface area (Å²) in [4.78, 5) is 11.5. The summed E-state index contributed by atoms with van der Waals surface area (Å²) in [6.07, 6.45) is 0. The van der Waals surface area contributed by atoms with Gasteiger partial charge in [0, 0.05) is 17.8 Å². The lowest BCUT2D eigenvalue weighted by Gasteiger charge is -2.05. The van der Waals surface area contributed by atoms with E-state index in [-0.39, 0.29) is 12.2 Å². The van der Waals surface area contributed by atoms with Gasteiger partial charge in [0.25, 0.3) is 0 Å². The first-order valence-corrected chi connectivity index (χ1v) is 5.46. The molecule has 0 fully saturated rings. The molecule has 0 unspecified atom stereocenters. The number of nitrogens with zero attached hydrogens (tertiary/aromatic N) is 1. The van der Waals surface area contributed by atoms with Crippen LogP contribution in [0.4, 0.5) is 20.3 Å². The number of amides is 1. The number of aryl methyl sites for hydroxylation is 1.